The first-order valence-corrected chi connectivity index (χ1v) is 8.29. The van der Waals surface area contributed by atoms with Gasteiger partial charge in [-0.1, -0.05) is 26.0 Å². The first kappa shape index (κ1) is 17.9. The van der Waals surface area contributed by atoms with Gasteiger partial charge in [0.2, 0.25) is 5.91 Å². The van der Waals surface area contributed by atoms with Crippen LogP contribution in [0, 0.1) is 11.7 Å². The van der Waals surface area contributed by atoms with Crippen molar-refractivity contribution in [2.24, 2.45) is 5.92 Å². The fourth-order valence-corrected chi connectivity index (χ4v) is 3.03. The van der Waals surface area contributed by atoms with Gasteiger partial charge in [0.25, 0.3) is 0 Å². The SMILES string of the molecule is COC1CCN(CC(=O)NC(c2ccc(F)cc2)C(C)C)CC1. The minimum atomic E-state index is -0.261. The second-order valence-corrected chi connectivity index (χ2v) is 6.55. The van der Waals surface area contributed by atoms with E-state index < -0.39 is 0 Å². The third-order valence-corrected chi connectivity index (χ3v) is 4.45. The van der Waals surface area contributed by atoms with Gasteiger partial charge in [-0.3, -0.25) is 9.69 Å². The summed E-state index contributed by atoms with van der Waals surface area (Å²) in [6, 6.07) is 6.26. The molecule has 0 aliphatic carbocycles. The highest BCUT2D eigenvalue weighted by Gasteiger charge is 2.23. The van der Waals surface area contributed by atoms with E-state index in [9.17, 15) is 9.18 Å². The van der Waals surface area contributed by atoms with Crippen LogP contribution in [0.1, 0.15) is 38.3 Å². The zero-order valence-electron chi connectivity index (χ0n) is 14.2. The topological polar surface area (TPSA) is 41.6 Å². The predicted octanol–water partition coefficient (Wildman–Crippen LogP) is 2.75. The molecule has 0 radical (unpaired) electrons. The molecule has 1 saturated heterocycles. The third kappa shape index (κ3) is 5.29. The Morgan fingerprint density at radius 2 is 1.91 bits per heavy atom. The molecule has 1 aliphatic rings. The lowest BCUT2D eigenvalue weighted by molar-refractivity contribution is -0.124. The van der Waals surface area contributed by atoms with E-state index in [1.807, 2.05) is 0 Å². The summed E-state index contributed by atoms with van der Waals surface area (Å²) in [6.07, 6.45) is 2.25. The molecule has 1 aromatic rings. The molecule has 1 unspecified atom stereocenters. The van der Waals surface area contributed by atoms with Crippen molar-refractivity contribution in [3.8, 4) is 0 Å². The largest absolute Gasteiger partial charge is 0.381 e. The zero-order valence-corrected chi connectivity index (χ0v) is 14.2. The van der Waals surface area contributed by atoms with Crippen molar-refractivity contribution in [1.29, 1.82) is 0 Å². The molecular weight excluding hydrogens is 295 g/mol. The second-order valence-electron chi connectivity index (χ2n) is 6.55. The van der Waals surface area contributed by atoms with Crippen LogP contribution >= 0.6 is 0 Å². The fraction of sp³-hybridized carbons (Fsp3) is 0.611. The molecule has 0 spiro atoms. The van der Waals surface area contributed by atoms with Crippen LogP contribution in [0.5, 0.6) is 0 Å². The van der Waals surface area contributed by atoms with Gasteiger partial charge in [-0.2, -0.15) is 0 Å². The number of halogens is 1. The minimum absolute atomic E-state index is 0.0175. The number of nitrogens with one attached hydrogen (secondary N) is 1. The number of rotatable bonds is 6. The normalized spacial score (nSPS) is 18.1. The first-order valence-electron chi connectivity index (χ1n) is 8.29. The van der Waals surface area contributed by atoms with Gasteiger partial charge in [0.1, 0.15) is 5.82 Å². The Balaban J connectivity index is 1.90. The van der Waals surface area contributed by atoms with Crippen LogP contribution in [0.2, 0.25) is 0 Å². The molecule has 4 nitrogen and oxygen atoms in total. The highest BCUT2D eigenvalue weighted by Crippen LogP contribution is 2.22. The van der Waals surface area contributed by atoms with Crippen molar-refractivity contribution in [2.45, 2.75) is 38.8 Å². The van der Waals surface area contributed by atoms with Crippen LogP contribution < -0.4 is 5.32 Å². The van der Waals surface area contributed by atoms with E-state index in [0.29, 0.717) is 12.6 Å². The Kier molecular flexibility index (Phi) is 6.54. The standard InChI is InChI=1S/C18H27FN2O2/c1-13(2)18(14-4-6-15(19)7-5-14)20-17(22)12-21-10-8-16(23-3)9-11-21/h4-7,13,16,18H,8-12H2,1-3H3,(H,20,22). The summed E-state index contributed by atoms with van der Waals surface area (Å²) in [4.78, 5) is 14.5. The molecule has 1 heterocycles. The fourth-order valence-electron chi connectivity index (χ4n) is 3.03. The van der Waals surface area contributed by atoms with Crippen LogP contribution in [0.4, 0.5) is 4.39 Å². The molecule has 0 saturated carbocycles. The summed E-state index contributed by atoms with van der Waals surface area (Å²) in [5, 5.41) is 3.09. The molecule has 1 atom stereocenters. The molecule has 0 bridgehead atoms. The number of hydrogen-bond donors (Lipinski definition) is 1. The van der Waals surface area contributed by atoms with Crippen molar-refractivity contribution in [3.63, 3.8) is 0 Å². The number of hydrogen-bond acceptors (Lipinski definition) is 3. The molecular formula is C18H27FN2O2. The molecule has 1 fully saturated rings. The van der Waals surface area contributed by atoms with E-state index >= 15 is 0 Å². The number of methoxy groups -OCH3 is 1. The summed E-state index contributed by atoms with van der Waals surface area (Å²) >= 11 is 0. The Hall–Kier alpha value is -1.46. The van der Waals surface area contributed by atoms with Gasteiger partial charge in [0.05, 0.1) is 18.7 Å². The molecule has 23 heavy (non-hydrogen) atoms. The van der Waals surface area contributed by atoms with Gasteiger partial charge in [-0.25, -0.2) is 4.39 Å². The number of piperidine rings is 1. The number of carbonyl (C=O) groups is 1. The van der Waals surface area contributed by atoms with Crippen molar-refractivity contribution in [2.75, 3.05) is 26.7 Å². The predicted molar refractivity (Wildman–Crippen MR) is 88.6 cm³/mol. The lowest BCUT2D eigenvalue weighted by Gasteiger charge is -2.31. The van der Waals surface area contributed by atoms with Crippen LogP contribution in [-0.4, -0.2) is 43.7 Å². The van der Waals surface area contributed by atoms with E-state index in [4.69, 9.17) is 4.74 Å². The third-order valence-electron chi connectivity index (χ3n) is 4.45. The molecule has 1 N–H and O–H groups in total. The molecule has 1 aliphatic heterocycles. The van der Waals surface area contributed by atoms with Gasteiger partial charge < -0.3 is 10.1 Å². The molecule has 128 valence electrons. The van der Waals surface area contributed by atoms with Crippen molar-refractivity contribution >= 4 is 5.91 Å². The van der Waals surface area contributed by atoms with E-state index in [2.05, 4.69) is 24.1 Å². The summed E-state index contributed by atoms with van der Waals surface area (Å²) < 4.78 is 18.4. The Bertz CT molecular complexity index is 496. The van der Waals surface area contributed by atoms with Gasteiger partial charge in [0, 0.05) is 20.2 Å². The smallest absolute Gasteiger partial charge is 0.234 e. The monoisotopic (exact) mass is 322 g/mol. The van der Waals surface area contributed by atoms with Gasteiger partial charge in [-0.15, -0.1) is 0 Å². The number of likely N-dealkylation sites (tertiary alicyclic amines) is 1. The van der Waals surface area contributed by atoms with Crippen molar-refractivity contribution < 1.29 is 13.9 Å². The average molecular weight is 322 g/mol. The summed E-state index contributed by atoms with van der Waals surface area (Å²) in [5.41, 5.74) is 0.938. The van der Waals surface area contributed by atoms with E-state index in [1.54, 1.807) is 19.2 Å². The Labute approximate surface area is 138 Å². The van der Waals surface area contributed by atoms with E-state index in [0.717, 1.165) is 31.5 Å². The first-order chi connectivity index (χ1) is 11.0. The number of benzene rings is 1. The summed E-state index contributed by atoms with van der Waals surface area (Å²) in [7, 11) is 1.74. The van der Waals surface area contributed by atoms with Crippen molar-refractivity contribution in [3.05, 3.63) is 35.6 Å². The molecule has 1 amide bonds. The van der Waals surface area contributed by atoms with Gasteiger partial charge in [0.15, 0.2) is 0 Å². The maximum absolute atomic E-state index is 13.1. The summed E-state index contributed by atoms with van der Waals surface area (Å²) in [6.45, 7) is 6.28. The summed E-state index contributed by atoms with van der Waals surface area (Å²) in [5.74, 6) is -0.00359. The highest BCUT2D eigenvalue weighted by atomic mass is 19.1. The lowest BCUT2D eigenvalue weighted by atomic mass is 9.96. The second kappa shape index (κ2) is 8.41. The number of nitrogens with zero attached hydrogens (tertiary/aromatic N) is 1. The minimum Gasteiger partial charge on any atom is -0.381 e. The molecule has 5 heteroatoms. The Morgan fingerprint density at radius 1 is 1.30 bits per heavy atom. The maximum atomic E-state index is 13.1. The number of carbonyl (C=O) groups excluding carboxylic acids is 1. The van der Waals surface area contributed by atoms with E-state index in [-0.39, 0.29) is 23.7 Å². The van der Waals surface area contributed by atoms with Crippen LogP contribution in [0.15, 0.2) is 24.3 Å². The van der Waals surface area contributed by atoms with E-state index in [1.165, 1.54) is 12.1 Å². The van der Waals surface area contributed by atoms with Crippen molar-refractivity contribution in [1.82, 2.24) is 10.2 Å². The van der Waals surface area contributed by atoms with Gasteiger partial charge >= 0.3 is 0 Å². The quantitative estimate of drug-likeness (QED) is 0.875. The van der Waals surface area contributed by atoms with Crippen LogP contribution in [-0.2, 0) is 9.53 Å². The molecule has 2 rings (SSSR count). The van der Waals surface area contributed by atoms with Crippen LogP contribution in [0.3, 0.4) is 0 Å². The van der Waals surface area contributed by atoms with Crippen LogP contribution in [0.25, 0.3) is 0 Å². The average Bonchev–Trinajstić information content (AvgIpc) is 2.54. The Morgan fingerprint density at radius 3 is 2.43 bits per heavy atom. The zero-order chi connectivity index (χ0) is 16.8. The highest BCUT2D eigenvalue weighted by molar-refractivity contribution is 5.78. The molecule has 1 aromatic carbocycles. The lowest BCUT2D eigenvalue weighted by Crippen LogP contribution is -2.44. The number of amides is 1. The number of ether oxygens (including phenoxy) is 1. The maximum Gasteiger partial charge on any atom is 0.234 e. The molecule has 0 aromatic heterocycles. The van der Waals surface area contributed by atoms with Gasteiger partial charge in [-0.05, 0) is 36.5 Å².